The van der Waals surface area contributed by atoms with Gasteiger partial charge in [0, 0.05) is 24.2 Å². The number of benzene rings is 2. The van der Waals surface area contributed by atoms with Gasteiger partial charge in [-0.25, -0.2) is 0 Å². The Labute approximate surface area is 188 Å². The van der Waals surface area contributed by atoms with Gasteiger partial charge >= 0.3 is 0 Å². The summed E-state index contributed by atoms with van der Waals surface area (Å²) >= 11 is 0. The van der Waals surface area contributed by atoms with Crippen LogP contribution in [0.3, 0.4) is 0 Å². The Morgan fingerprint density at radius 2 is 1.72 bits per heavy atom. The highest BCUT2D eigenvalue weighted by molar-refractivity contribution is 6.46. The van der Waals surface area contributed by atoms with Crippen LogP contribution in [0.5, 0.6) is 11.5 Å². The monoisotopic (exact) mass is 438 g/mol. The van der Waals surface area contributed by atoms with E-state index < -0.39 is 17.7 Å². The van der Waals surface area contributed by atoms with Gasteiger partial charge in [0.05, 0.1) is 25.8 Å². The third-order valence-corrected chi connectivity index (χ3v) is 5.87. The van der Waals surface area contributed by atoms with Crippen LogP contribution in [-0.4, -0.2) is 67.0 Å². The Morgan fingerprint density at radius 3 is 2.31 bits per heavy atom. The molecule has 0 aromatic heterocycles. The molecule has 0 saturated carbocycles. The molecule has 170 valence electrons. The van der Waals surface area contributed by atoms with E-state index in [0.29, 0.717) is 35.7 Å². The summed E-state index contributed by atoms with van der Waals surface area (Å²) < 4.78 is 10.9. The summed E-state index contributed by atoms with van der Waals surface area (Å²) in [5.74, 6) is -0.478. The summed E-state index contributed by atoms with van der Waals surface area (Å²) in [7, 11) is 3.08. The fourth-order valence-electron chi connectivity index (χ4n) is 4.03. The number of carbonyl (C=O) groups is 2. The van der Waals surface area contributed by atoms with Crippen LogP contribution in [0.25, 0.3) is 5.76 Å². The van der Waals surface area contributed by atoms with Crippen LogP contribution in [-0.2, 0) is 9.59 Å². The van der Waals surface area contributed by atoms with Crippen molar-refractivity contribution in [3.8, 4) is 11.5 Å². The minimum absolute atomic E-state index is 0.0484. The molecule has 1 fully saturated rings. The number of likely N-dealkylation sites (N-methyl/N-ethyl adjacent to an activating group) is 1. The molecular formula is C25H30N2O5. The predicted molar refractivity (Wildman–Crippen MR) is 123 cm³/mol. The van der Waals surface area contributed by atoms with Crippen molar-refractivity contribution in [3.63, 3.8) is 0 Å². The minimum Gasteiger partial charge on any atom is -0.507 e. The summed E-state index contributed by atoms with van der Waals surface area (Å²) in [6.45, 7) is 6.71. The number of likely N-dealkylation sites (tertiary alicyclic amines) is 1. The standard InChI is InChI=1S/C25H30N2O5/c1-5-26(6-2)14-15-27-22(19-16-18(31-3)12-13-20(19)32-4)21(24(29)25(27)30)23(28)17-10-8-7-9-11-17/h7-13,16,22,28H,5-6,14-15H2,1-4H3/t22-/m1/s1. The lowest BCUT2D eigenvalue weighted by Gasteiger charge is -2.29. The molecule has 3 rings (SSSR count). The number of aliphatic hydroxyl groups is 1. The number of rotatable bonds is 9. The lowest BCUT2D eigenvalue weighted by Crippen LogP contribution is -2.38. The lowest BCUT2D eigenvalue weighted by atomic mass is 9.94. The molecule has 2 aromatic rings. The number of ketones is 1. The molecule has 0 radical (unpaired) electrons. The van der Waals surface area contributed by atoms with Crippen molar-refractivity contribution in [1.29, 1.82) is 0 Å². The largest absolute Gasteiger partial charge is 0.507 e. The van der Waals surface area contributed by atoms with Crippen molar-refractivity contribution in [3.05, 3.63) is 65.2 Å². The van der Waals surface area contributed by atoms with Gasteiger partial charge in [0.1, 0.15) is 17.3 Å². The second-order valence-electron chi connectivity index (χ2n) is 7.49. The van der Waals surface area contributed by atoms with E-state index in [1.165, 1.54) is 12.0 Å². The molecule has 2 aromatic carbocycles. The van der Waals surface area contributed by atoms with E-state index in [2.05, 4.69) is 18.7 Å². The highest BCUT2D eigenvalue weighted by Gasteiger charge is 2.47. The van der Waals surface area contributed by atoms with Crippen molar-refractivity contribution in [2.75, 3.05) is 40.4 Å². The van der Waals surface area contributed by atoms with Gasteiger partial charge in [-0.15, -0.1) is 0 Å². The second-order valence-corrected chi connectivity index (χ2v) is 7.49. The maximum absolute atomic E-state index is 13.2. The van der Waals surface area contributed by atoms with Crippen LogP contribution in [0.4, 0.5) is 0 Å². The summed E-state index contributed by atoms with van der Waals surface area (Å²) in [5.41, 5.74) is 1.11. The average molecular weight is 439 g/mol. The zero-order chi connectivity index (χ0) is 23.3. The molecule has 1 saturated heterocycles. The van der Waals surface area contributed by atoms with Crippen LogP contribution < -0.4 is 9.47 Å². The van der Waals surface area contributed by atoms with Gasteiger partial charge in [-0.1, -0.05) is 44.2 Å². The quantitative estimate of drug-likeness (QED) is 0.367. The predicted octanol–water partition coefficient (Wildman–Crippen LogP) is 3.47. The van der Waals surface area contributed by atoms with Crippen molar-refractivity contribution in [1.82, 2.24) is 9.80 Å². The van der Waals surface area contributed by atoms with Gasteiger partial charge in [0.25, 0.3) is 11.7 Å². The highest BCUT2D eigenvalue weighted by Crippen LogP contribution is 2.43. The van der Waals surface area contributed by atoms with Gasteiger partial charge in [-0.3, -0.25) is 9.59 Å². The first-order chi connectivity index (χ1) is 15.5. The van der Waals surface area contributed by atoms with Crippen LogP contribution in [0.1, 0.15) is 31.0 Å². The zero-order valence-electron chi connectivity index (χ0n) is 19.0. The van der Waals surface area contributed by atoms with E-state index in [1.807, 2.05) is 6.07 Å². The van der Waals surface area contributed by atoms with E-state index in [0.717, 1.165) is 13.1 Å². The normalized spacial score (nSPS) is 17.8. The molecule has 1 aliphatic heterocycles. The number of hydrogen-bond donors (Lipinski definition) is 1. The molecule has 1 amide bonds. The first kappa shape index (κ1) is 23.3. The molecule has 1 N–H and O–H groups in total. The molecule has 7 heteroatoms. The maximum atomic E-state index is 13.2. The molecule has 1 aliphatic rings. The smallest absolute Gasteiger partial charge is 0.295 e. The topological polar surface area (TPSA) is 79.3 Å². The van der Waals surface area contributed by atoms with Gasteiger partial charge in [0.15, 0.2) is 0 Å². The van der Waals surface area contributed by atoms with E-state index in [4.69, 9.17) is 9.47 Å². The van der Waals surface area contributed by atoms with E-state index in [1.54, 1.807) is 49.6 Å². The van der Waals surface area contributed by atoms with E-state index in [-0.39, 0.29) is 11.3 Å². The molecule has 0 unspecified atom stereocenters. The molecule has 0 aliphatic carbocycles. The summed E-state index contributed by atoms with van der Waals surface area (Å²) in [6, 6.07) is 13.2. The number of nitrogens with zero attached hydrogens (tertiary/aromatic N) is 2. The van der Waals surface area contributed by atoms with Gasteiger partial charge < -0.3 is 24.4 Å². The Balaban J connectivity index is 2.18. The fourth-order valence-corrected chi connectivity index (χ4v) is 4.03. The first-order valence-corrected chi connectivity index (χ1v) is 10.7. The molecule has 0 bridgehead atoms. The summed E-state index contributed by atoms with van der Waals surface area (Å²) in [6.07, 6.45) is 0. The van der Waals surface area contributed by atoms with Gasteiger partial charge in [-0.05, 0) is 31.3 Å². The Kier molecular flexibility index (Phi) is 7.53. The molecule has 1 heterocycles. The van der Waals surface area contributed by atoms with Gasteiger partial charge in [-0.2, -0.15) is 0 Å². The van der Waals surface area contributed by atoms with Crippen LogP contribution >= 0.6 is 0 Å². The lowest BCUT2D eigenvalue weighted by molar-refractivity contribution is -0.140. The minimum atomic E-state index is -0.796. The third-order valence-electron chi connectivity index (χ3n) is 5.87. The average Bonchev–Trinajstić information content (AvgIpc) is 3.09. The number of methoxy groups -OCH3 is 2. The summed E-state index contributed by atoms with van der Waals surface area (Å²) in [4.78, 5) is 30.0. The van der Waals surface area contributed by atoms with E-state index in [9.17, 15) is 14.7 Å². The summed E-state index contributed by atoms with van der Waals surface area (Å²) in [5, 5.41) is 11.1. The Hall–Kier alpha value is -3.32. The Morgan fingerprint density at radius 1 is 1.03 bits per heavy atom. The zero-order valence-corrected chi connectivity index (χ0v) is 19.0. The highest BCUT2D eigenvalue weighted by atomic mass is 16.5. The SMILES string of the molecule is CCN(CC)CCN1C(=O)C(=O)C(=C(O)c2ccccc2)[C@H]1c1cc(OC)ccc1OC. The van der Waals surface area contributed by atoms with Crippen molar-refractivity contribution < 1.29 is 24.2 Å². The number of carbonyl (C=O) groups excluding carboxylic acids is 2. The van der Waals surface area contributed by atoms with E-state index >= 15 is 0 Å². The number of amides is 1. The maximum Gasteiger partial charge on any atom is 0.295 e. The van der Waals surface area contributed by atoms with Crippen molar-refractivity contribution in [2.45, 2.75) is 19.9 Å². The molecule has 0 spiro atoms. The molecule has 7 nitrogen and oxygen atoms in total. The molecule has 1 atom stereocenters. The second kappa shape index (κ2) is 10.3. The first-order valence-electron chi connectivity index (χ1n) is 10.7. The number of Topliss-reactive ketones (excluding diaryl/α,β-unsaturated/α-hetero) is 1. The fraction of sp³-hybridized carbons (Fsp3) is 0.360. The molecule has 32 heavy (non-hydrogen) atoms. The van der Waals surface area contributed by atoms with Gasteiger partial charge in [0.2, 0.25) is 0 Å². The van der Waals surface area contributed by atoms with Crippen LogP contribution in [0.15, 0.2) is 54.1 Å². The van der Waals surface area contributed by atoms with Crippen molar-refractivity contribution >= 4 is 17.4 Å². The van der Waals surface area contributed by atoms with Crippen LogP contribution in [0.2, 0.25) is 0 Å². The Bertz CT molecular complexity index is 999. The van der Waals surface area contributed by atoms with Crippen LogP contribution in [0, 0.1) is 0 Å². The number of ether oxygens (including phenoxy) is 2. The molecular weight excluding hydrogens is 408 g/mol. The number of aliphatic hydroxyl groups excluding tert-OH is 1. The van der Waals surface area contributed by atoms with Crippen molar-refractivity contribution in [2.24, 2.45) is 0 Å². The number of hydrogen-bond acceptors (Lipinski definition) is 6. The third kappa shape index (κ3) is 4.48.